The standard InChI is InChI=1S/C16H19ClN2O3/c17-16-13(2-1-5-18-16)19-14(20)9-22-15(21)8-12-7-10-3-4-11(12)6-10/h1-2,5,10-12H,3-4,6-9H2,(H,19,20)/t10-,11-,12-/m1/s1. The molecular formula is C16H19ClN2O3. The van der Waals surface area contributed by atoms with E-state index in [0.717, 1.165) is 12.3 Å². The molecule has 22 heavy (non-hydrogen) atoms. The maximum atomic E-state index is 11.9. The number of nitrogens with one attached hydrogen (secondary N) is 1. The predicted molar refractivity (Wildman–Crippen MR) is 82.4 cm³/mol. The Hall–Kier alpha value is -1.62. The molecule has 6 heteroatoms. The van der Waals surface area contributed by atoms with Crippen molar-refractivity contribution in [2.24, 2.45) is 17.8 Å². The van der Waals surface area contributed by atoms with Gasteiger partial charge in [-0.25, -0.2) is 4.98 Å². The number of anilines is 1. The molecular weight excluding hydrogens is 304 g/mol. The van der Waals surface area contributed by atoms with Crippen molar-refractivity contribution >= 4 is 29.2 Å². The van der Waals surface area contributed by atoms with E-state index in [1.54, 1.807) is 12.1 Å². The van der Waals surface area contributed by atoms with Crippen LogP contribution in [0.25, 0.3) is 0 Å². The summed E-state index contributed by atoms with van der Waals surface area (Å²) < 4.78 is 5.07. The van der Waals surface area contributed by atoms with E-state index in [9.17, 15) is 9.59 Å². The lowest BCUT2D eigenvalue weighted by atomic mass is 9.86. The number of hydrogen-bond donors (Lipinski definition) is 1. The van der Waals surface area contributed by atoms with Crippen molar-refractivity contribution in [1.82, 2.24) is 4.98 Å². The van der Waals surface area contributed by atoms with Gasteiger partial charge >= 0.3 is 5.97 Å². The van der Waals surface area contributed by atoms with Gasteiger partial charge in [-0.15, -0.1) is 0 Å². The smallest absolute Gasteiger partial charge is 0.306 e. The lowest BCUT2D eigenvalue weighted by Crippen LogP contribution is -2.23. The molecule has 118 valence electrons. The molecule has 0 aromatic carbocycles. The molecule has 2 fully saturated rings. The summed E-state index contributed by atoms with van der Waals surface area (Å²) in [7, 11) is 0. The van der Waals surface area contributed by atoms with E-state index in [1.807, 2.05) is 0 Å². The fraction of sp³-hybridized carbons (Fsp3) is 0.562. The van der Waals surface area contributed by atoms with Gasteiger partial charge in [0.1, 0.15) is 0 Å². The van der Waals surface area contributed by atoms with Gasteiger partial charge in [-0.3, -0.25) is 9.59 Å². The van der Waals surface area contributed by atoms with Gasteiger partial charge in [0.05, 0.1) is 5.69 Å². The van der Waals surface area contributed by atoms with Crippen molar-refractivity contribution < 1.29 is 14.3 Å². The largest absolute Gasteiger partial charge is 0.456 e. The first-order valence-corrected chi connectivity index (χ1v) is 8.05. The predicted octanol–water partition coefficient (Wildman–Crippen LogP) is 3.04. The zero-order chi connectivity index (χ0) is 15.5. The highest BCUT2D eigenvalue weighted by molar-refractivity contribution is 6.32. The number of nitrogens with zero attached hydrogens (tertiary/aromatic N) is 1. The first kappa shape index (κ1) is 15.3. The number of carbonyl (C=O) groups is 2. The number of aromatic nitrogens is 1. The molecule has 0 saturated heterocycles. The highest BCUT2D eigenvalue weighted by atomic mass is 35.5. The van der Waals surface area contributed by atoms with Crippen LogP contribution in [-0.2, 0) is 14.3 Å². The number of fused-ring (bicyclic) bond motifs is 2. The average molecular weight is 323 g/mol. The number of amides is 1. The van der Waals surface area contributed by atoms with Crippen molar-refractivity contribution in [1.29, 1.82) is 0 Å². The monoisotopic (exact) mass is 322 g/mol. The average Bonchev–Trinajstić information content (AvgIpc) is 3.10. The van der Waals surface area contributed by atoms with E-state index in [4.69, 9.17) is 16.3 Å². The molecule has 2 aliphatic rings. The van der Waals surface area contributed by atoms with Crippen LogP contribution < -0.4 is 5.32 Å². The third kappa shape index (κ3) is 3.58. The van der Waals surface area contributed by atoms with E-state index < -0.39 is 5.91 Å². The SMILES string of the molecule is O=C(COC(=O)C[C@H]1C[C@@H]2CC[C@@H]1C2)Nc1cccnc1Cl. The molecule has 3 atom stereocenters. The van der Waals surface area contributed by atoms with Crippen LogP contribution in [-0.4, -0.2) is 23.5 Å². The first-order valence-electron chi connectivity index (χ1n) is 7.68. The Morgan fingerprint density at radius 2 is 2.23 bits per heavy atom. The Bertz CT molecular complexity index is 578. The zero-order valence-corrected chi connectivity index (χ0v) is 13.0. The van der Waals surface area contributed by atoms with E-state index in [2.05, 4.69) is 10.3 Å². The van der Waals surface area contributed by atoms with Crippen LogP contribution in [0.3, 0.4) is 0 Å². The number of rotatable bonds is 5. The first-order chi connectivity index (χ1) is 10.6. The minimum atomic E-state index is -0.406. The van der Waals surface area contributed by atoms with Gasteiger partial charge < -0.3 is 10.1 Å². The van der Waals surface area contributed by atoms with Gasteiger partial charge in [-0.05, 0) is 49.1 Å². The maximum absolute atomic E-state index is 11.9. The van der Waals surface area contributed by atoms with Gasteiger partial charge in [0.15, 0.2) is 11.8 Å². The Morgan fingerprint density at radius 1 is 1.36 bits per heavy atom. The third-order valence-corrected chi connectivity index (χ3v) is 5.01. The second-order valence-electron chi connectivity index (χ2n) is 6.19. The van der Waals surface area contributed by atoms with Crippen LogP contribution in [0, 0.1) is 17.8 Å². The van der Waals surface area contributed by atoms with E-state index in [0.29, 0.717) is 23.9 Å². The number of carbonyl (C=O) groups excluding carboxylic acids is 2. The number of hydrogen-bond acceptors (Lipinski definition) is 4. The van der Waals surface area contributed by atoms with Gasteiger partial charge in [-0.2, -0.15) is 0 Å². The summed E-state index contributed by atoms with van der Waals surface area (Å²) in [5.41, 5.74) is 0.415. The van der Waals surface area contributed by atoms with E-state index in [-0.39, 0.29) is 17.7 Å². The van der Waals surface area contributed by atoms with Crippen LogP contribution in [0.5, 0.6) is 0 Å². The molecule has 1 aromatic rings. The number of halogens is 1. The van der Waals surface area contributed by atoms with Crippen molar-refractivity contribution in [2.75, 3.05) is 11.9 Å². The molecule has 0 unspecified atom stereocenters. The van der Waals surface area contributed by atoms with E-state index in [1.165, 1.54) is 25.5 Å². The number of ether oxygens (including phenoxy) is 1. The summed E-state index contributed by atoms with van der Waals surface area (Å²) in [6.45, 7) is -0.287. The molecule has 1 heterocycles. The van der Waals surface area contributed by atoms with Crippen LogP contribution in [0.1, 0.15) is 32.1 Å². The molecule has 2 saturated carbocycles. The van der Waals surface area contributed by atoms with Crippen molar-refractivity contribution in [3.05, 3.63) is 23.5 Å². The molecule has 0 aliphatic heterocycles. The van der Waals surface area contributed by atoms with Gasteiger partial charge in [0.25, 0.3) is 5.91 Å². The highest BCUT2D eigenvalue weighted by Gasteiger charge is 2.40. The number of esters is 1. The van der Waals surface area contributed by atoms with Crippen molar-refractivity contribution in [2.45, 2.75) is 32.1 Å². The van der Waals surface area contributed by atoms with Crippen LogP contribution in [0.2, 0.25) is 5.15 Å². The molecule has 0 spiro atoms. The molecule has 1 amide bonds. The molecule has 1 N–H and O–H groups in total. The Balaban J connectivity index is 1.41. The lowest BCUT2D eigenvalue weighted by molar-refractivity contribution is -0.148. The molecule has 1 aromatic heterocycles. The topological polar surface area (TPSA) is 68.3 Å². The Labute approximate surface area is 134 Å². The van der Waals surface area contributed by atoms with Gasteiger partial charge in [-0.1, -0.05) is 18.0 Å². The van der Waals surface area contributed by atoms with Crippen LogP contribution in [0.15, 0.2) is 18.3 Å². The second kappa shape index (κ2) is 6.65. The lowest BCUT2D eigenvalue weighted by Gasteiger charge is -2.20. The van der Waals surface area contributed by atoms with Crippen molar-refractivity contribution in [3.8, 4) is 0 Å². The van der Waals surface area contributed by atoms with Gasteiger partial charge in [0.2, 0.25) is 0 Å². The van der Waals surface area contributed by atoms with Crippen LogP contribution in [0.4, 0.5) is 5.69 Å². The fourth-order valence-corrected chi connectivity index (χ4v) is 3.88. The maximum Gasteiger partial charge on any atom is 0.306 e. The summed E-state index contributed by atoms with van der Waals surface area (Å²) in [6.07, 6.45) is 6.91. The van der Waals surface area contributed by atoms with Crippen molar-refractivity contribution in [3.63, 3.8) is 0 Å². The van der Waals surface area contributed by atoms with Crippen LogP contribution >= 0.6 is 11.6 Å². The van der Waals surface area contributed by atoms with E-state index >= 15 is 0 Å². The normalized spacial score (nSPS) is 26.0. The number of pyridine rings is 1. The molecule has 3 rings (SSSR count). The summed E-state index contributed by atoms with van der Waals surface area (Å²) in [5, 5.41) is 2.79. The summed E-state index contributed by atoms with van der Waals surface area (Å²) >= 11 is 5.85. The molecule has 0 radical (unpaired) electrons. The Morgan fingerprint density at radius 3 is 2.91 bits per heavy atom. The van der Waals surface area contributed by atoms with Gasteiger partial charge in [0, 0.05) is 12.6 Å². The quantitative estimate of drug-likeness (QED) is 0.668. The molecule has 2 aliphatic carbocycles. The Kier molecular flexibility index (Phi) is 4.62. The summed E-state index contributed by atoms with van der Waals surface area (Å²) in [6, 6.07) is 3.31. The second-order valence-corrected chi connectivity index (χ2v) is 6.55. The molecule has 2 bridgehead atoms. The zero-order valence-electron chi connectivity index (χ0n) is 12.3. The molecule has 5 nitrogen and oxygen atoms in total. The fourth-order valence-electron chi connectivity index (χ4n) is 3.71. The summed E-state index contributed by atoms with van der Waals surface area (Å²) in [5.74, 6) is 1.24. The highest BCUT2D eigenvalue weighted by Crippen LogP contribution is 2.49. The minimum Gasteiger partial charge on any atom is -0.456 e. The third-order valence-electron chi connectivity index (χ3n) is 4.71. The summed E-state index contributed by atoms with van der Waals surface area (Å²) in [4.78, 5) is 27.5. The minimum absolute atomic E-state index is 0.212.